The van der Waals surface area contributed by atoms with Gasteiger partial charge in [0.1, 0.15) is 0 Å². The summed E-state index contributed by atoms with van der Waals surface area (Å²) in [6.45, 7) is 5.05. The molecule has 0 aliphatic rings. The van der Waals surface area contributed by atoms with E-state index in [1.807, 2.05) is 6.92 Å². The summed E-state index contributed by atoms with van der Waals surface area (Å²) in [4.78, 5) is 0. The fourth-order valence-electron chi connectivity index (χ4n) is 1.89. The Morgan fingerprint density at radius 2 is 1.25 bits per heavy atom. The van der Waals surface area contributed by atoms with E-state index in [1.165, 1.54) is 13.1 Å². The quantitative estimate of drug-likeness (QED) is 0.254. The van der Waals surface area contributed by atoms with E-state index in [0.717, 1.165) is 12.8 Å². The van der Waals surface area contributed by atoms with E-state index in [4.69, 9.17) is 4.43 Å². The smallest absolute Gasteiger partial charge is 0.224 e. The molecule has 0 aliphatic heterocycles. The van der Waals surface area contributed by atoms with Gasteiger partial charge in [0, 0.05) is 11.8 Å². The summed E-state index contributed by atoms with van der Waals surface area (Å²) >= 11 is 0. The predicted octanol–water partition coefficient (Wildman–Crippen LogP) is 4.00. The van der Waals surface area contributed by atoms with Gasteiger partial charge >= 0.3 is 0 Å². The highest BCUT2D eigenvalue weighted by Gasteiger charge is 2.37. The summed E-state index contributed by atoms with van der Waals surface area (Å²) in [6, 6.07) is 0. The van der Waals surface area contributed by atoms with Gasteiger partial charge in [-0.3, -0.25) is 0 Å². The number of hydrogen-bond acceptors (Lipinski definition) is 1. The van der Waals surface area contributed by atoms with E-state index in [9.17, 15) is 22.0 Å². The molecule has 0 unspecified atom stereocenters. The van der Waals surface area contributed by atoms with Crippen LogP contribution in [-0.4, -0.2) is 14.9 Å². The van der Waals surface area contributed by atoms with Crippen LogP contribution in [0, 0.1) is 29.1 Å². The van der Waals surface area contributed by atoms with Crippen molar-refractivity contribution in [2.24, 2.45) is 0 Å². The Bertz CT molecular complexity index is 461. The van der Waals surface area contributed by atoms with Crippen molar-refractivity contribution in [2.75, 3.05) is 6.61 Å². The molecule has 0 bridgehead atoms. The average molecular weight is 312 g/mol. The second kappa shape index (κ2) is 6.67. The zero-order chi connectivity index (χ0) is 15.5. The summed E-state index contributed by atoms with van der Waals surface area (Å²) in [5.74, 6) is -9.55. The van der Waals surface area contributed by atoms with Crippen molar-refractivity contribution in [3.63, 3.8) is 0 Å². The second-order valence-corrected chi connectivity index (χ2v) is 8.82. The fraction of sp³-hybridized carbons (Fsp3) is 0.538. The molecule has 0 saturated heterocycles. The maximum Gasteiger partial charge on any atom is 0.224 e. The highest BCUT2D eigenvalue weighted by molar-refractivity contribution is 6.84. The maximum absolute atomic E-state index is 13.7. The molecular formula is C13H17F5OSi. The molecule has 20 heavy (non-hydrogen) atoms. The van der Waals surface area contributed by atoms with Crippen molar-refractivity contribution >= 4 is 13.5 Å². The van der Waals surface area contributed by atoms with Crippen molar-refractivity contribution in [3.8, 4) is 0 Å². The lowest BCUT2D eigenvalue weighted by Gasteiger charge is -2.24. The fourth-order valence-corrected chi connectivity index (χ4v) is 3.96. The normalized spacial score (nSPS) is 12.0. The molecule has 0 saturated carbocycles. The van der Waals surface area contributed by atoms with Gasteiger partial charge in [-0.1, -0.05) is 19.8 Å². The molecule has 1 nitrogen and oxygen atoms in total. The van der Waals surface area contributed by atoms with Gasteiger partial charge in [-0.05, 0) is 19.5 Å². The van der Waals surface area contributed by atoms with Gasteiger partial charge in [0.15, 0.2) is 23.3 Å². The van der Waals surface area contributed by atoms with Gasteiger partial charge in [-0.25, -0.2) is 22.0 Å². The molecule has 0 atom stereocenters. The van der Waals surface area contributed by atoms with Gasteiger partial charge in [-0.2, -0.15) is 0 Å². The van der Waals surface area contributed by atoms with Crippen LogP contribution in [0.1, 0.15) is 26.2 Å². The summed E-state index contributed by atoms with van der Waals surface area (Å²) in [7, 11) is -3.20. The molecule has 7 heteroatoms. The van der Waals surface area contributed by atoms with E-state index >= 15 is 0 Å². The summed E-state index contributed by atoms with van der Waals surface area (Å²) in [6.07, 6.45) is 2.50. The molecule has 114 valence electrons. The van der Waals surface area contributed by atoms with Crippen molar-refractivity contribution in [1.82, 2.24) is 0 Å². The SMILES string of the molecule is CCCCCO[Si](C)(C)c1c(F)c(F)c(F)c(F)c1F. The van der Waals surface area contributed by atoms with E-state index in [1.54, 1.807) is 0 Å². The first kappa shape index (κ1) is 17.1. The van der Waals surface area contributed by atoms with Crippen LogP contribution in [0.5, 0.6) is 0 Å². The number of halogens is 5. The Morgan fingerprint density at radius 3 is 1.70 bits per heavy atom. The molecule has 1 aromatic rings. The highest BCUT2D eigenvalue weighted by Crippen LogP contribution is 2.20. The highest BCUT2D eigenvalue weighted by atomic mass is 28.4. The molecule has 1 rings (SSSR count). The van der Waals surface area contributed by atoms with E-state index in [2.05, 4.69) is 0 Å². The third kappa shape index (κ3) is 3.38. The average Bonchev–Trinajstić information content (AvgIpc) is 2.39. The third-order valence-corrected chi connectivity index (χ3v) is 5.59. The Balaban J connectivity index is 3.11. The standard InChI is InChI=1S/C13H17F5OSi/c1-4-5-6-7-19-20(2,3)13-11(17)9(15)8(14)10(16)12(13)18/h4-7H2,1-3H3. The maximum atomic E-state index is 13.7. The molecule has 0 heterocycles. The zero-order valence-electron chi connectivity index (χ0n) is 11.6. The second-order valence-electron chi connectivity index (χ2n) is 5.01. The topological polar surface area (TPSA) is 9.23 Å². The van der Waals surface area contributed by atoms with Crippen LogP contribution in [-0.2, 0) is 4.43 Å². The van der Waals surface area contributed by atoms with Gasteiger partial charge in [0.25, 0.3) is 0 Å². The van der Waals surface area contributed by atoms with Crippen LogP contribution < -0.4 is 5.19 Å². The van der Waals surface area contributed by atoms with Gasteiger partial charge in [0.05, 0.1) is 0 Å². The summed E-state index contributed by atoms with van der Waals surface area (Å²) in [5, 5.41) is -0.801. The van der Waals surface area contributed by atoms with Crippen LogP contribution in [0.2, 0.25) is 13.1 Å². The largest absolute Gasteiger partial charge is 0.413 e. The predicted molar refractivity (Wildman–Crippen MR) is 68.8 cm³/mol. The van der Waals surface area contributed by atoms with Crippen LogP contribution in [0.4, 0.5) is 22.0 Å². The number of unbranched alkanes of at least 4 members (excludes halogenated alkanes) is 2. The van der Waals surface area contributed by atoms with Crippen LogP contribution in [0.15, 0.2) is 0 Å². The lowest BCUT2D eigenvalue weighted by atomic mass is 10.3. The lowest BCUT2D eigenvalue weighted by molar-refractivity contribution is 0.300. The Hall–Kier alpha value is -0.953. The molecule has 0 aromatic heterocycles. The number of benzene rings is 1. The minimum absolute atomic E-state index is 0.243. The first-order valence-corrected chi connectivity index (χ1v) is 9.30. The van der Waals surface area contributed by atoms with Crippen LogP contribution in [0.3, 0.4) is 0 Å². The molecule has 0 fully saturated rings. The minimum atomic E-state index is -3.20. The lowest BCUT2D eigenvalue weighted by Crippen LogP contribution is -2.50. The van der Waals surface area contributed by atoms with E-state index in [-0.39, 0.29) is 6.61 Å². The Labute approximate surface area is 115 Å². The van der Waals surface area contributed by atoms with Crippen molar-refractivity contribution in [3.05, 3.63) is 29.1 Å². The molecule has 0 aliphatic carbocycles. The molecule has 0 N–H and O–H groups in total. The summed E-state index contributed by atoms with van der Waals surface area (Å²) < 4.78 is 72.2. The van der Waals surface area contributed by atoms with Crippen molar-refractivity contribution < 1.29 is 26.4 Å². The Kier molecular flexibility index (Phi) is 5.70. The van der Waals surface area contributed by atoms with Gasteiger partial charge in [0.2, 0.25) is 14.1 Å². The first-order chi connectivity index (χ1) is 9.24. The molecule has 0 radical (unpaired) electrons. The number of hydrogen-bond donors (Lipinski definition) is 0. The molecule has 1 aromatic carbocycles. The molecule has 0 spiro atoms. The van der Waals surface area contributed by atoms with Crippen molar-refractivity contribution in [2.45, 2.75) is 39.3 Å². The number of rotatable bonds is 6. The molecular weight excluding hydrogens is 295 g/mol. The van der Waals surface area contributed by atoms with Crippen LogP contribution >= 0.6 is 0 Å². The molecule has 0 amide bonds. The summed E-state index contributed by atoms with van der Waals surface area (Å²) in [5.41, 5.74) is 0. The van der Waals surface area contributed by atoms with E-state index < -0.39 is 42.6 Å². The van der Waals surface area contributed by atoms with Gasteiger partial charge < -0.3 is 4.43 Å². The monoisotopic (exact) mass is 312 g/mol. The Morgan fingerprint density at radius 1 is 0.800 bits per heavy atom. The first-order valence-electron chi connectivity index (χ1n) is 6.39. The minimum Gasteiger partial charge on any atom is -0.413 e. The van der Waals surface area contributed by atoms with Gasteiger partial charge in [-0.15, -0.1) is 0 Å². The third-order valence-electron chi connectivity index (χ3n) is 3.02. The van der Waals surface area contributed by atoms with Crippen molar-refractivity contribution in [1.29, 1.82) is 0 Å². The van der Waals surface area contributed by atoms with E-state index in [0.29, 0.717) is 6.42 Å². The zero-order valence-corrected chi connectivity index (χ0v) is 12.6. The van der Waals surface area contributed by atoms with Crippen LogP contribution in [0.25, 0.3) is 0 Å².